The minimum atomic E-state index is -0.289. The Balaban J connectivity index is 1.31. The maximum atomic E-state index is 12.1. The van der Waals surface area contributed by atoms with E-state index in [1.54, 1.807) is 18.2 Å². The Morgan fingerprint density at radius 3 is 2.73 bits per heavy atom. The number of amides is 1. The summed E-state index contributed by atoms with van der Waals surface area (Å²) in [6.45, 7) is 0.277. The predicted molar refractivity (Wildman–Crippen MR) is 135 cm³/mol. The van der Waals surface area contributed by atoms with Crippen LogP contribution in [0, 0.1) is 0 Å². The van der Waals surface area contributed by atoms with Gasteiger partial charge >= 0.3 is 0 Å². The van der Waals surface area contributed by atoms with Crippen molar-refractivity contribution in [2.45, 2.75) is 11.8 Å². The van der Waals surface area contributed by atoms with Gasteiger partial charge in [-0.05, 0) is 51.8 Å². The van der Waals surface area contributed by atoms with E-state index in [-0.39, 0.29) is 18.3 Å². The molecule has 4 aromatic rings. The summed E-state index contributed by atoms with van der Waals surface area (Å²) in [6.07, 6.45) is 1.50. The number of hydrazone groups is 1. The van der Waals surface area contributed by atoms with Crippen molar-refractivity contribution in [3.8, 4) is 5.75 Å². The van der Waals surface area contributed by atoms with E-state index in [9.17, 15) is 4.79 Å². The molecule has 33 heavy (non-hydrogen) atoms. The molecule has 1 heterocycles. The van der Waals surface area contributed by atoms with E-state index >= 15 is 0 Å². The molecule has 0 unspecified atom stereocenters. The Labute approximate surface area is 212 Å². The first kappa shape index (κ1) is 23.6. The molecule has 0 aliphatic rings. The maximum absolute atomic E-state index is 12.1. The third-order valence-electron chi connectivity index (χ3n) is 4.35. The molecule has 3 aromatic carbocycles. The molecule has 4 rings (SSSR count). The quantitative estimate of drug-likeness (QED) is 0.146. The molecule has 0 spiro atoms. The maximum Gasteiger partial charge on any atom is 0.257 e. The minimum absolute atomic E-state index is 0.115. The van der Waals surface area contributed by atoms with Gasteiger partial charge in [0.1, 0.15) is 12.1 Å². The molecule has 0 saturated carbocycles. The highest BCUT2D eigenvalue weighted by molar-refractivity contribution is 9.10. The van der Waals surface area contributed by atoms with E-state index in [2.05, 4.69) is 31.4 Å². The molecule has 0 fully saturated rings. The van der Waals surface area contributed by atoms with Crippen LogP contribution in [-0.2, 0) is 11.4 Å². The molecule has 0 aliphatic carbocycles. The van der Waals surface area contributed by atoms with Gasteiger partial charge in [0, 0.05) is 10.6 Å². The number of carbonyl (C=O) groups is 1. The van der Waals surface area contributed by atoms with Crippen molar-refractivity contribution in [3.05, 3.63) is 86.3 Å². The van der Waals surface area contributed by atoms with Crippen molar-refractivity contribution in [2.24, 2.45) is 5.10 Å². The van der Waals surface area contributed by atoms with Crippen molar-refractivity contribution in [1.29, 1.82) is 0 Å². The fourth-order valence-electron chi connectivity index (χ4n) is 2.81. The largest absolute Gasteiger partial charge is 0.486 e. The van der Waals surface area contributed by atoms with Crippen LogP contribution in [0.4, 0.5) is 0 Å². The normalized spacial score (nSPS) is 11.2. The monoisotopic (exact) mass is 563 g/mol. The van der Waals surface area contributed by atoms with Gasteiger partial charge in [-0.2, -0.15) is 5.10 Å². The summed E-state index contributed by atoms with van der Waals surface area (Å²) in [7, 11) is 0. The smallest absolute Gasteiger partial charge is 0.257 e. The zero-order valence-corrected chi connectivity index (χ0v) is 20.8. The van der Waals surface area contributed by atoms with Gasteiger partial charge in [0.15, 0.2) is 11.3 Å². The number of ether oxygens (including phenoxy) is 1. The van der Waals surface area contributed by atoms with E-state index in [0.717, 1.165) is 11.1 Å². The molecule has 0 saturated heterocycles. The van der Waals surface area contributed by atoms with Crippen molar-refractivity contribution < 1.29 is 13.9 Å². The average molecular weight is 565 g/mol. The van der Waals surface area contributed by atoms with Gasteiger partial charge in [-0.3, -0.25) is 4.79 Å². The second-order valence-corrected chi connectivity index (χ2v) is 9.32. The van der Waals surface area contributed by atoms with Gasteiger partial charge in [0.05, 0.1) is 21.5 Å². The highest BCUT2D eigenvalue weighted by Gasteiger charge is 2.11. The van der Waals surface area contributed by atoms with Crippen LogP contribution < -0.4 is 10.2 Å². The lowest BCUT2D eigenvalue weighted by atomic mass is 10.2. The van der Waals surface area contributed by atoms with E-state index in [1.807, 2.05) is 42.5 Å². The Morgan fingerprint density at radius 1 is 1.15 bits per heavy atom. The Kier molecular flexibility index (Phi) is 7.93. The number of nitrogens with one attached hydrogen (secondary N) is 1. The number of halogens is 3. The fraction of sp³-hybridized carbons (Fsp3) is 0.0870. The number of thioether (sulfide) groups is 1. The van der Waals surface area contributed by atoms with Crippen molar-refractivity contribution in [3.63, 3.8) is 0 Å². The lowest BCUT2D eigenvalue weighted by Crippen LogP contribution is -2.19. The van der Waals surface area contributed by atoms with Crippen LogP contribution in [0.2, 0.25) is 10.0 Å². The first-order valence-electron chi connectivity index (χ1n) is 9.65. The standard InChI is InChI=1S/C23H16BrCl2N3O3S/c24-16-9-14(10-18(26)22(16)31-12-15-5-1-2-6-17(15)25)11-27-29-21(30)13-33-23-28-19-7-3-4-8-20(19)32-23/h1-11H,12-13H2,(H,29,30)/b27-11-. The lowest BCUT2D eigenvalue weighted by molar-refractivity contribution is -0.118. The van der Waals surface area contributed by atoms with Gasteiger partial charge in [0.2, 0.25) is 0 Å². The topological polar surface area (TPSA) is 76.7 Å². The third-order valence-corrected chi connectivity index (χ3v) is 6.42. The van der Waals surface area contributed by atoms with Gasteiger partial charge < -0.3 is 9.15 Å². The predicted octanol–water partition coefficient (Wildman–Crippen LogP) is 6.72. The van der Waals surface area contributed by atoms with E-state index in [4.69, 9.17) is 32.4 Å². The minimum Gasteiger partial charge on any atom is -0.486 e. The second-order valence-electron chi connectivity index (χ2n) is 6.72. The number of para-hydroxylation sites is 2. The van der Waals surface area contributed by atoms with Crippen LogP contribution in [0.3, 0.4) is 0 Å². The number of oxazole rings is 1. The van der Waals surface area contributed by atoms with Gasteiger partial charge in [-0.1, -0.05) is 65.3 Å². The SMILES string of the molecule is O=C(CSc1nc2ccccc2o1)N/N=C\c1cc(Cl)c(OCc2ccccc2Cl)c(Br)c1. The molecule has 0 radical (unpaired) electrons. The highest BCUT2D eigenvalue weighted by Crippen LogP contribution is 2.35. The summed E-state index contributed by atoms with van der Waals surface area (Å²) in [6, 6.07) is 18.3. The van der Waals surface area contributed by atoms with Crippen LogP contribution in [-0.4, -0.2) is 22.9 Å². The molecule has 0 atom stereocenters. The number of nitrogens with zero attached hydrogens (tertiary/aromatic N) is 2. The Hall–Kier alpha value is -2.52. The lowest BCUT2D eigenvalue weighted by Gasteiger charge is -2.12. The molecule has 6 nitrogen and oxygen atoms in total. The summed E-state index contributed by atoms with van der Waals surface area (Å²) in [5, 5.41) is 5.44. The number of benzene rings is 3. The van der Waals surface area contributed by atoms with Crippen LogP contribution in [0.5, 0.6) is 5.75 Å². The number of hydrogen-bond donors (Lipinski definition) is 1. The molecule has 1 aromatic heterocycles. The zero-order valence-electron chi connectivity index (χ0n) is 16.9. The van der Waals surface area contributed by atoms with Crippen molar-refractivity contribution in [2.75, 3.05) is 5.75 Å². The average Bonchev–Trinajstić information content (AvgIpc) is 3.21. The molecule has 1 amide bonds. The zero-order chi connectivity index (χ0) is 23.2. The van der Waals surface area contributed by atoms with E-state index in [1.165, 1.54) is 18.0 Å². The summed E-state index contributed by atoms with van der Waals surface area (Å²) in [5.74, 6) is 0.319. The van der Waals surface area contributed by atoms with Gasteiger partial charge in [-0.15, -0.1) is 0 Å². The molecule has 0 aliphatic heterocycles. The fourth-order valence-corrected chi connectivity index (χ4v) is 4.62. The van der Waals surface area contributed by atoms with Gasteiger partial charge in [0.25, 0.3) is 11.1 Å². The molecule has 168 valence electrons. The van der Waals surface area contributed by atoms with E-state index in [0.29, 0.717) is 36.6 Å². The molecular formula is C23H16BrCl2N3O3S. The summed E-state index contributed by atoms with van der Waals surface area (Å²) in [5.41, 5.74) is 5.45. The molecule has 10 heteroatoms. The summed E-state index contributed by atoms with van der Waals surface area (Å²) in [4.78, 5) is 16.4. The molecule has 0 bridgehead atoms. The molecular weight excluding hydrogens is 549 g/mol. The first-order valence-corrected chi connectivity index (χ1v) is 12.2. The highest BCUT2D eigenvalue weighted by atomic mass is 79.9. The van der Waals surface area contributed by atoms with Crippen molar-refractivity contribution >= 4 is 74.1 Å². The number of aromatic nitrogens is 1. The molecule has 1 N–H and O–H groups in total. The third kappa shape index (κ3) is 6.29. The second kappa shape index (κ2) is 11.1. The number of carbonyl (C=O) groups excluding carboxylic acids is 1. The number of fused-ring (bicyclic) bond motifs is 1. The Morgan fingerprint density at radius 2 is 1.94 bits per heavy atom. The van der Waals surface area contributed by atoms with Crippen molar-refractivity contribution in [1.82, 2.24) is 10.4 Å². The van der Waals surface area contributed by atoms with Crippen LogP contribution >= 0.6 is 50.9 Å². The number of hydrogen-bond acceptors (Lipinski definition) is 6. The van der Waals surface area contributed by atoms with Gasteiger partial charge in [-0.25, -0.2) is 10.4 Å². The Bertz CT molecular complexity index is 1270. The van der Waals surface area contributed by atoms with Crippen LogP contribution in [0.1, 0.15) is 11.1 Å². The van der Waals surface area contributed by atoms with Crippen LogP contribution in [0.25, 0.3) is 11.1 Å². The summed E-state index contributed by atoms with van der Waals surface area (Å²) >= 11 is 17.2. The summed E-state index contributed by atoms with van der Waals surface area (Å²) < 4.78 is 12.1. The van der Waals surface area contributed by atoms with Crippen LogP contribution in [0.15, 0.2) is 79.9 Å². The first-order chi connectivity index (χ1) is 16.0. The van der Waals surface area contributed by atoms with E-state index < -0.39 is 0 Å². The number of rotatable bonds is 8.